The second-order valence-corrected chi connectivity index (χ2v) is 5.48. The van der Waals surface area contributed by atoms with Crippen LogP contribution in [0, 0.1) is 11.8 Å². The van der Waals surface area contributed by atoms with Gasteiger partial charge in [0, 0.05) is 18.8 Å². The fourth-order valence-electron chi connectivity index (χ4n) is 2.87. The van der Waals surface area contributed by atoms with E-state index in [1.165, 1.54) is 38.6 Å². The number of hydrogen-bond acceptors (Lipinski definition) is 2. The van der Waals surface area contributed by atoms with Gasteiger partial charge >= 0.3 is 0 Å². The second-order valence-electron chi connectivity index (χ2n) is 5.48. The molecule has 96 valence electrons. The van der Waals surface area contributed by atoms with Crippen molar-refractivity contribution in [3.8, 4) is 0 Å². The minimum Gasteiger partial charge on any atom is -0.349 e. The van der Waals surface area contributed by atoms with E-state index in [0.717, 1.165) is 30.6 Å². The van der Waals surface area contributed by atoms with E-state index in [1.807, 2.05) is 12.4 Å². The first kappa shape index (κ1) is 12.6. The average Bonchev–Trinajstić information content (AvgIpc) is 2.82. The fourth-order valence-corrected chi connectivity index (χ4v) is 2.87. The SMILES string of the molecule is CC1CCCC(CNCCCc2ncc[nH]2)C1. The Morgan fingerprint density at radius 1 is 1.47 bits per heavy atom. The van der Waals surface area contributed by atoms with Crippen molar-refractivity contribution in [2.45, 2.75) is 45.4 Å². The van der Waals surface area contributed by atoms with E-state index in [1.54, 1.807) is 0 Å². The number of aromatic nitrogens is 2. The second kappa shape index (κ2) is 6.80. The highest BCUT2D eigenvalue weighted by molar-refractivity contribution is 4.86. The number of nitrogens with zero attached hydrogens (tertiary/aromatic N) is 1. The fraction of sp³-hybridized carbons (Fsp3) is 0.786. The van der Waals surface area contributed by atoms with Crippen LogP contribution in [0.15, 0.2) is 12.4 Å². The molecule has 3 heteroatoms. The zero-order chi connectivity index (χ0) is 11.9. The van der Waals surface area contributed by atoms with Gasteiger partial charge in [-0.15, -0.1) is 0 Å². The van der Waals surface area contributed by atoms with Gasteiger partial charge in [-0.1, -0.05) is 19.8 Å². The summed E-state index contributed by atoms with van der Waals surface area (Å²) in [5.74, 6) is 2.97. The summed E-state index contributed by atoms with van der Waals surface area (Å²) in [7, 11) is 0. The van der Waals surface area contributed by atoms with E-state index in [2.05, 4.69) is 22.2 Å². The third-order valence-corrected chi connectivity index (χ3v) is 3.80. The van der Waals surface area contributed by atoms with Gasteiger partial charge in [0.25, 0.3) is 0 Å². The van der Waals surface area contributed by atoms with Gasteiger partial charge in [-0.2, -0.15) is 0 Å². The van der Waals surface area contributed by atoms with Gasteiger partial charge in [0.15, 0.2) is 0 Å². The topological polar surface area (TPSA) is 40.7 Å². The summed E-state index contributed by atoms with van der Waals surface area (Å²) in [5.41, 5.74) is 0. The molecular weight excluding hydrogens is 210 g/mol. The monoisotopic (exact) mass is 235 g/mol. The summed E-state index contributed by atoms with van der Waals surface area (Å²) in [6.45, 7) is 4.72. The maximum absolute atomic E-state index is 4.23. The predicted molar refractivity (Wildman–Crippen MR) is 70.9 cm³/mol. The predicted octanol–water partition coefficient (Wildman–Crippen LogP) is 2.76. The van der Waals surface area contributed by atoms with Crippen LogP contribution in [-0.4, -0.2) is 23.1 Å². The van der Waals surface area contributed by atoms with Crippen molar-refractivity contribution in [1.29, 1.82) is 0 Å². The van der Waals surface area contributed by atoms with Gasteiger partial charge in [-0.25, -0.2) is 4.98 Å². The molecule has 0 aliphatic heterocycles. The number of aromatic amines is 1. The maximum Gasteiger partial charge on any atom is 0.106 e. The molecule has 2 atom stereocenters. The lowest BCUT2D eigenvalue weighted by Crippen LogP contribution is -2.27. The Labute approximate surface area is 104 Å². The molecule has 2 unspecified atom stereocenters. The van der Waals surface area contributed by atoms with Crippen LogP contribution in [-0.2, 0) is 6.42 Å². The number of nitrogens with one attached hydrogen (secondary N) is 2. The molecule has 0 bridgehead atoms. The Bertz CT molecular complexity index is 294. The Hall–Kier alpha value is -0.830. The van der Waals surface area contributed by atoms with Gasteiger partial charge in [-0.3, -0.25) is 0 Å². The highest BCUT2D eigenvalue weighted by Gasteiger charge is 2.17. The normalized spacial score (nSPS) is 25.0. The third-order valence-electron chi connectivity index (χ3n) is 3.80. The van der Waals surface area contributed by atoms with Crippen LogP contribution in [0.1, 0.15) is 44.9 Å². The van der Waals surface area contributed by atoms with E-state index < -0.39 is 0 Å². The lowest BCUT2D eigenvalue weighted by Gasteiger charge is -2.26. The standard InChI is InChI=1S/C14H25N3/c1-12-4-2-5-13(10-12)11-15-7-3-6-14-16-8-9-17-14/h8-9,12-13,15H,2-7,10-11H2,1H3,(H,16,17). The Kier molecular flexibility index (Phi) is 5.05. The molecule has 2 N–H and O–H groups in total. The van der Waals surface area contributed by atoms with Crippen LogP contribution in [0.4, 0.5) is 0 Å². The molecule has 2 rings (SSSR count). The van der Waals surface area contributed by atoms with E-state index in [4.69, 9.17) is 0 Å². The molecule has 1 aliphatic rings. The number of aryl methyl sites for hydroxylation is 1. The number of rotatable bonds is 6. The number of H-pyrrole nitrogens is 1. The molecule has 0 saturated heterocycles. The Morgan fingerprint density at radius 3 is 3.18 bits per heavy atom. The highest BCUT2D eigenvalue weighted by atomic mass is 14.9. The van der Waals surface area contributed by atoms with Crippen LogP contribution in [0.2, 0.25) is 0 Å². The molecule has 0 spiro atoms. The van der Waals surface area contributed by atoms with Crippen molar-refractivity contribution in [1.82, 2.24) is 15.3 Å². The molecule has 0 aromatic carbocycles. The molecule has 0 amide bonds. The first-order valence-electron chi connectivity index (χ1n) is 7.03. The minimum absolute atomic E-state index is 0.919. The third kappa shape index (κ3) is 4.50. The zero-order valence-electron chi connectivity index (χ0n) is 10.9. The lowest BCUT2D eigenvalue weighted by molar-refractivity contribution is 0.274. The molecule has 1 aromatic heterocycles. The van der Waals surface area contributed by atoms with Crippen LogP contribution >= 0.6 is 0 Å². The first-order chi connectivity index (χ1) is 8.34. The molecule has 17 heavy (non-hydrogen) atoms. The van der Waals surface area contributed by atoms with Gasteiger partial charge in [0.2, 0.25) is 0 Å². The molecular formula is C14H25N3. The minimum atomic E-state index is 0.919. The number of imidazole rings is 1. The summed E-state index contributed by atoms with van der Waals surface area (Å²) in [6, 6.07) is 0. The number of hydrogen-bond donors (Lipinski definition) is 2. The van der Waals surface area contributed by atoms with Crippen molar-refractivity contribution in [3.63, 3.8) is 0 Å². The van der Waals surface area contributed by atoms with Crippen LogP contribution < -0.4 is 5.32 Å². The van der Waals surface area contributed by atoms with Gasteiger partial charge in [0.1, 0.15) is 5.82 Å². The van der Waals surface area contributed by atoms with Crippen molar-refractivity contribution in [2.75, 3.05) is 13.1 Å². The summed E-state index contributed by atoms with van der Waals surface area (Å²) in [6.07, 6.45) is 11.7. The highest BCUT2D eigenvalue weighted by Crippen LogP contribution is 2.27. The molecule has 1 heterocycles. The van der Waals surface area contributed by atoms with Gasteiger partial charge in [-0.05, 0) is 44.2 Å². The van der Waals surface area contributed by atoms with Crippen LogP contribution in [0.3, 0.4) is 0 Å². The maximum atomic E-state index is 4.23. The summed E-state index contributed by atoms with van der Waals surface area (Å²) in [5, 5.41) is 3.60. The van der Waals surface area contributed by atoms with E-state index in [9.17, 15) is 0 Å². The van der Waals surface area contributed by atoms with Crippen molar-refractivity contribution < 1.29 is 0 Å². The van der Waals surface area contributed by atoms with E-state index in [0.29, 0.717) is 0 Å². The van der Waals surface area contributed by atoms with Crippen LogP contribution in [0.25, 0.3) is 0 Å². The largest absolute Gasteiger partial charge is 0.349 e. The van der Waals surface area contributed by atoms with E-state index >= 15 is 0 Å². The van der Waals surface area contributed by atoms with Gasteiger partial charge in [0.05, 0.1) is 0 Å². The quantitative estimate of drug-likeness (QED) is 0.744. The lowest BCUT2D eigenvalue weighted by atomic mass is 9.82. The molecule has 0 radical (unpaired) electrons. The molecule has 1 aliphatic carbocycles. The van der Waals surface area contributed by atoms with Crippen LogP contribution in [0.5, 0.6) is 0 Å². The smallest absolute Gasteiger partial charge is 0.106 e. The molecule has 1 fully saturated rings. The summed E-state index contributed by atoms with van der Waals surface area (Å²) < 4.78 is 0. The summed E-state index contributed by atoms with van der Waals surface area (Å²) >= 11 is 0. The average molecular weight is 235 g/mol. The first-order valence-corrected chi connectivity index (χ1v) is 7.03. The molecule has 1 saturated carbocycles. The molecule has 3 nitrogen and oxygen atoms in total. The van der Waals surface area contributed by atoms with Crippen molar-refractivity contribution >= 4 is 0 Å². The Morgan fingerprint density at radius 2 is 2.41 bits per heavy atom. The Balaban J connectivity index is 1.51. The van der Waals surface area contributed by atoms with Gasteiger partial charge < -0.3 is 10.3 Å². The van der Waals surface area contributed by atoms with Crippen molar-refractivity contribution in [2.24, 2.45) is 11.8 Å². The summed E-state index contributed by atoms with van der Waals surface area (Å²) in [4.78, 5) is 7.37. The molecule has 1 aromatic rings. The van der Waals surface area contributed by atoms with Crippen molar-refractivity contribution in [3.05, 3.63) is 18.2 Å². The zero-order valence-corrected chi connectivity index (χ0v) is 10.9. The van der Waals surface area contributed by atoms with E-state index in [-0.39, 0.29) is 0 Å².